The van der Waals surface area contributed by atoms with Gasteiger partial charge in [-0.25, -0.2) is 4.79 Å². The largest absolute Gasteiger partial charge is 0.475 e. The molecule has 0 radical (unpaired) electrons. The Labute approximate surface area is 98.6 Å². The van der Waals surface area contributed by atoms with Crippen LogP contribution in [-0.2, 0) is 6.54 Å². The Morgan fingerprint density at radius 2 is 2.56 bits per heavy atom. The van der Waals surface area contributed by atoms with Crippen LogP contribution in [-0.4, -0.2) is 40.6 Å². The summed E-state index contributed by atoms with van der Waals surface area (Å²) in [5.74, 6) is 1.41. The number of carboxylic acid groups (broad SMARTS) is 1. The van der Waals surface area contributed by atoms with Crippen LogP contribution in [0.2, 0.25) is 0 Å². The Balaban J connectivity index is 2.02. The van der Waals surface area contributed by atoms with Crippen LogP contribution in [0.1, 0.15) is 22.5 Å². The highest BCUT2D eigenvalue weighted by atomic mass is 32.2. The minimum atomic E-state index is -0.991. The maximum Gasteiger partial charge on any atom is 0.372 e. The first-order valence-electron chi connectivity index (χ1n) is 5.26. The molecule has 88 valence electrons. The van der Waals surface area contributed by atoms with Crippen molar-refractivity contribution in [3.63, 3.8) is 0 Å². The second kappa shape index (κ2) is 4.93. The second-order valence-electron chi connectivity index (χ2n) is 4.01. The summed E-state index contributed by atoms with van der Waals surface area (Å²) in [7, 11) is 2.04. The molecule has 4 nitrogen and oxygen atoms in total. The normalized spacial score (nSPS) is 20.5. The van der Waals surface area contributed by atoms with Crippen LogP contribution in [0, 0.1) is 0 Å². The van der Waals surface area contributed by atoms with E-state index in [0.717, 1.165) is 11.3 Å². The smallest absolute Gasteiger partial charge is 0.372 e. The first-order chi connectivity index (χ1) is 7.68. The number of furan rings is 1. The summed E-state index contributed by atoms with van der Waals surface area (Å²) >= 11 is 1.95. The third-order valence-corrected chi connectivity index (χ3v) is 4.03. The van der Waals surface area contributed by atoms with Gasteiger partial charge in [-0.05, 0) is 25.3 Å². The molecule has 0 saturated carbocycles. The van der Waals surface area contributed by atoms with Crippen molar-refractivity contribution < 1.29 is 14.3 Å². The Bertz CT molecular complexity index is 371. The van der Waals surface area contributed by atoms with Crippen LogP contribution >= 0.6 is 11.8 Å². The number of thioether (sulfide) groups is 1. The minimum Gasteiger partial charge on any atom is -0.475 e. The average molecular weight is 241 g/mol. The Kier molecular flexibility index (Phi) is 3.56. The first kappa shape index (κ1) is 11.5. The summed E-state index contributed by atoms with van der Waals surface area (Å²) in [6.45, 7) is 0.642. The van der Waals surface area contributed by atoms with Crippen molar-refractivity contribution in [1.29, 1.82) is 0 Å². The van der Waals surface area contributed by atoms with E-state index in [4.69, 9.17) is 9.52 Å². The van der Waals surface area contributed by atoms with Crippen molar-refractivity contribution in [3.05, 3.63) is 23.7 Å². The Morgan fingerprint density at radius 1 is 1.75 bits per heavy atom. The molecule has 0 aliphatic carbocycles. The lowest BCUT2D eigenvalue weighted by Crippen LogP contribution is -2.31. The molecule has 1 unspecified atom stereocenters. The van der Waals surface area contributed by atoms with Crippen molar-refractivity contribution in [2.75, 3.05) is 18.6 Å². The molecule has 1 fully saturated rings. The molecule has 1 N–H and O–H groups in total. The van der Waals surface area contributed by atoms with E-state index in [2.05, 4.69) is 4.90 Å². The molecule has 0 amide bonds. The highest BCUT2D eigenvalue weighted by molar-refractivity contribution is 7.99. The third kappa shape index (κ3) is 2.41. The summed E-state index contributed by atoms with van der Waals surface area (Å²) in [5.41, 5.74) is 0.756. The molecule has 0 spiro atoms. The fourth-order valence-corrected chi connectivity index (χ4v) is 3.21. The molecular weight excluding hydrogens is 226 g/mol. The van der Waals surface area contributed by atoms with Crippen molar-refractivity contribution in [2.45, 2.75) is 19.0 Å². The number of rotatable bonds is 4. The second-order valence-corrected chi connectivity index (χ2v) is 5.16. The Hall–Kier alpha value is -0.940. The van der Waals surface area contributed by atoms with Crippen molar-refractivity contribution in [3.8, 4) is 0 Å². The predicted octanol–water partition coefficient (Wildman–Crippen LogP) is 1.92. The zero-order chi connectivity index (χ0) is 11.5. The van der Waals surface area contributed by atoms with E-state index < -0.39 is 5.97 Å². The van der Waals surface area contributed by atoms with Gasteiger partial charge in [-0.3, -0.25) is 4.90 Å². The fraction of sp³-hybridized carbons (Fsp3) is 0.545. The van der Waals surface area contributed by atoms with E-state index in [1.165, 1.54) is 18.4 Å². The van der Waals surface area contributed by atoms with Crippen molar-refractivity contribution in [2.24, 2.45) is 0 Å². The van der Waals surface area contributed by atoms with E-state index in [0.29, 0.717) is 12.6 Å². The first-order valence-corrected chi connectivity index (χ1v) is 6.41. The summed E-state index contributed by atoms with van der Waals surface area (Å²) in [6.07, 6.45) is 2.62. The average Bonchev–Trinajstić information content (AvgIpc) is 2.86. The van der Waals surface area contributed by atoms with Gasteiger partial charge in [0.2, 0.25) is 5.76 Å². The third-order valence-electron chi connectivity index (χ3n) is 2.89. The lowest BCUT2D eigenvalue weighted by Gasteiger charge is -2.22. The van der Waals surface area contributed by atoms with Gasteiger partial charge in [0.05, 0.1) is 6.26 Å². The van der Waals surface area contributed by atoms with Crippen molar-refractivity contribution >= 4 is 17.7 Å². The lowest BCUT2D eigenvalue weighted by atomic mass is 10.2. The molecule has 1 aromatic rings. The summed E-state index contributed by atoms with van der Waals surface area (Å²) < 4.78 is 4.96. The number of carbonyl (C=O) groups is 1. The standard InChI is InChI=1S/C11H15NO3S/c1-12(9-3-5-16-7-9)6-8-2-4-15-10(8)11(13)14/h2,4,9H,3,5-7H2,1H3,(H,13,14). The van der Waals surface area contributed by atoms with E-state index in [-0.39, 0.29) is 5.76 Å². The van der Waals surface area contributed by atoms with Crippen LogP contribution in [0.5, 0.6) is 0 Å². The molecular formula is C11H15NO3S. The molecule has 2 heterocycles. The van der Waals surface area contributed by atoms with Crippen LogP contribution in [0.15, 0.2) is 16.7 Å². The van der Waals surface area contributed by atoms with Gasteiger partial charge in [-0.1, -0.05) is 0 Å². The molecule has 1 aliphatic heterocycles. The summed E-state index contributed by atoms with van der Waals surface area (Å²) in [5, 5.41) is 8.92. The Morgan fingerprint density at radius 3 is 3.19 bits per heavy atom. The quantitative estimate of drug-likeness (QED) is 0.872. The zero-order valence-electron chi connectivity index (χ0n) is 9.18. The summed E-state index contributed by atoms with van der Waals surface area (Å²) in [6, 6.07) is 2.30. The molecule has 2 rings (SSSR count). The van der Waals surface area contributed by atoms with E-state index in [9.17, 15) is 4.79 Å². The van der Waals surface area contributed by atoms with Crippen molar-refractivity contribution in [1.82, 2.24) is 4.90 Å². The topological polar surface area (TPSA) is 53.7 Å². The molecule has 0 bridgehead atoms. The van der Waals surface area contributed by atoms with Crippen LogP contribution in [0.3, 0.4) is 0 Å². The van der Waals surface area contributed by atoms with E-state index in [1.54, 1.807) is 6.07 Å². The number of hydrogen-bond acceptors (Lipinski definition) is 4. The SMILES string of the molecule is CN(Cc1ccoc1C(=O)O)C1CCSC1. The van der Waals surface area contributed by atoms with Gasteiger partial charge in [-0.2, -0.15) is 11.8 Å². The van der Waals surface area contributed by atoms with Crippen LogP contribution in [0.4, 0.5) is 0 Å². The minimum absolute atomic E-state index is 0.0671. The van der Waals surface area contributed by atoms with E-state index >= 15 is 0 Å². The van der Waals surface area contributed by atoms with Crippen LogP contribution in [0.25, 0.3) is 0 Å². The molecule has 16 heavy (non-hydrogen) atoms. The zero-order valence-corrected chi connectivity index (χ0v) is 10.00. The van der Waals surface area contributed by atoms with Crippen LogP contribution < -0.4 is 0 Å². The maximum absolute atomic E-state index is 10.9. The predicted molar refractivity (Wildman–Crippen MR) is 62.9 cm³/mol. The van der Waals surface area contributed by atoms with Gasteiger partial charge < -0.3 is 9.52 Å². The fourth-order valence-electron chi connectivity index (χ4n) is 1.92. The summed E-state index contributed by atoms with van der Waals surface area (Å²) in [4.78, 5) is 13.1. The molecule has 1 atom stereocenters. The molecule has 0 aromatic carbocycles. The van der Waals surface area contributed by atoms with Gasteiger partial charge in [-0.15, -0.1) is 0 Å². The molecule has 1 aliphatic rings. The van der Waals surface area contributed by atoms with E-state index in [1.807, 2.05) is 18.8 Å². The van der Waals surface area contributed by atoms with Gasteiger partial charge in [0.15, 0.2) is 0 Å². The molecule has 1 saturated heterocycles. The number of carboxylic acids is 1. The molecule has 1 aromatic heterocycles. The lowest BCUT2D eigenvalue weighted by molar-refractivity contribution is 0.0659. The van der Waals surface area contributed by atoms with Gasteiger partial charge >= 0.3 is 5.97 Å². The molecule has 5 heteroatoms. The van der Waals surface area contributed by atoms with Gasteiger partial charge in [0.1, 0.15) is 0 Å². The van der Waals surface area contributed by atoms with Gasteiger partial charge in [0.25, 0.3) is 0 Å². The number of aromatic carboxylic acids is 1. The highest BCUT2D eigenvalue weighted by Crippen LogP contribution is 2.23. The highest BCUT2D eigenvalue weighted by Gasteiger charge is 2.22. The maximum atomic E-state index is 10.9. The van der Waals surface area contributed by atoms with Gasteiger partial charge in [0, 0.05) is 23.9 Å². The monoisotopic (exact) mass is 241 g/mol. The number of hydrogen-bond donors (Lipinski definition) is 1. The number of nitrogens with zero attached hydrogens (tertiary/aromatic N) is 1.